The lowest BCUT2D eigenvalue weighted by Gasteiger charge is -2.23. The molecule has 2 aromatic carbocycles. The summed E-state index contributed by atoms with van der Waals surface area (Å²) >= 11 is 0. The highest BCUT2D eigenvalue weighted by atomic mass is 32.2. The van der Waals surface area contributed by atoms with Crippen LogP contribution in [0.15, 0.2) is 42.5 Å². The SMILES string of the molecule is CCc1ccc(N(CCCC(=O)N[C@H](CC)c2ccc(OC)c(C)c2)S(C)(=O)=O)cc1. The average molecular weight is 447 g/mol. The number of methoxy groups -OCH3 is 1. The molecule has 0 fully saturated rings. The Morgan fingerprint density at radius 1 is 1.13 bits per heavy atom. The Morgan fingerprint density at radius 3 is 2.32 bits per heavy atom. The monoisotopic (exact) mass is 446 g/mol. The molecule has 0 radical (unpaired) electrons. The molecule has 0 spiro atoms. The first-order valence-corrected chi connectivity index (χ1v) is 12.5. The normalized spacial score (nSPS) is 12.3. The second kappa shape index (κ2) is 11.2. The van der Waals surface area contributed by atoms with E-state index in [-0.39, 0.29) is 24.9 Å². The lowest BCUT2D eigenvalue weighted by molar-refractivity contribution is -0.121. The first kappa shape index (κ1) is 24.7. The number of hydrogen-bond donors (Lipinski definition) is 1. The molecule has 31 heavy (non-hydrogen) atoms. The topological polar surface area (TPSA) is 75.7 Å². The minimum Gasteiger partial charge on any atom is -0.496 e. The minimum absolute atomic E-state index is 0.0879. The Balaban J connectivity index is 1.98. The Kier molecular flexibility index (Phi) is 8.92. The number of rotatable bonds is 11. The number of nitrogens with one attached hydrogen (secondary N) is 1. The summed E-state index contributed by atoms with van der Waals surface area (Å²) in [6.07, 6.45) is 3.54. The van der Waals surface area contributed by atoms with Crippen LogP contribution in [0.4, 0.5) is 5.69 Å². The van der Waals surface area contributed by atoms with Gasteiger partial charge in [0.15, 0.2) is 0 Å². The zero-order chi connectivity index (χ0) is 23.0. The van der Waals surface area contributed by atoms with Crippen LogP contribution >= 0.6 is 0 Å². The number of benzene rings is 2. The summed E-state index contributed by atoms with van der Waals surface area (Å²) in [7, 11) is -1.79. The zero-order valence-electron chi connectivity index (χ0n) is 19.1. The molecule has 1 N–H and O–H groups in total. The average Bonchev–Trinajstić information content (AvgIpc) is 2.74. The summed E-state index contributed by atoms with van der Waals surface area (Å²) in [6, 6.07) is 13.3. The number of sulfonamides is 1. The van der Waals surface area contributed by atoms with Crippen LogP contribution in [0.2, 0.25) is 0 Å². The summed E-state index contributed by atoms with van der Waals surface area (Å²) in [5.74, 6) is 0.730. The molecule has 6 nitrogen and oxygen atoms in total. The van der Waals surface area contributed by atoms with Gasteiger partial charge in [-0.05, 0) is 61.1 Å². The molecule has 2 rings (SSSR count). The van der Waals surface area contributed by atoms with Crippen molar-refractivity contribution in [2.24, 2.45) is 0 Å². The van der Waals surface area contributed by atoms with Crippen LogP contribution < -0.4 is 14.4 Å². The third-order valence-corrected chi connectivity index (χ3v) is 6.56. The van der Waals surface area contributed by atoms with Gasteiger partial charge in [-0.15, -0.1) is 0 Å². The van der Waals surface area contributed by atoms with Crippen molar-refractivity contribution < 1.29 is 17.9 Å². The highest BCUT2D eigenvalue weighted by molar-refractivity contribution is 7.92. The molecule has 1 amide bonds. The number of aryl methyl sites for hydroxylation is 2. The van der Waals surface area contributed by atoms with E-state index in [0.29, 0.717) is 12.1 Å². The largest absolute Gasteiger partial charge is 0.496 e. The van der Waals surface area contributed by atoms with Crippen LogP contribution in [0.5, 0.6) is 5.75 Å². The fraction of sp³-hybridized carbons (Fsp3) is 0.458. The van der Waals surface area contributed by atoms with E-state index in [0.717, 1.165) is 35.3 Å². The van der Waals surface area contributed by atoms with E-state index in [2.05, 4.69) is 12.2 Å². The van der Waals surface area contributed by atoms with Crippen molar-refractivity contribution in [3.8, 4) is 5.75 Å². The van der Waals surface area contributed by atoms with Gasteiger partial charge in [0.2, 0.25) is 15.9 Å². The molecule has 0 bridgehead atoms. The molecule has 1 atom stereocenters. The molecule has 2 aromatic rings. The van der Waals surface area contributed by atoms with E-state index in [1.54, 1.807) is 7.11 Å². The van der Waals surface area contributed by atoms with Crippen LogP contribution in [0.3, 0.4) is 0 Å². The highest BCUT2D eigenvalue weighted by Crippen LogP contribution is 2.24. The lowest BCUT2D eigenvalue weighted by atomic mass is 10.0. The summed E-state index contributed by atoms with van der Waals surface area (Å²) in [4.78, 5) is 12.5. The van der Waals surface area contributed by atoms with Crippen LogP contribution in [0.1, 0.15) is 55.8 Å². The van der Waals surface area contributed by atoms with E-state index in [1.807, 2.05) is 56.3 Å². The smallest absolute Gasteiger partial charge is 0.232 e. The predicted molar refractivity (Wildman–Crippen MR) is 126 cm³/mol. The minimum atomic E-state index is -3.43. The van der Waals surface area contributed by atoms with Gasteiger partial charge in [-0.3, -0.25) is 9.10 Å². The quantitative estimate of drug-likeness (QED) is 0.556. The molecule has 170 valence electrons. The molecule has 0 unspecified atom stereocenters. The van der Waals surface area contributed by atoms with Gasteiger partial charge in [-0.1, -0.05) is 38.1 Å². The van der Waals surface area contributed by atoms with E-state index in [9.17, 15) is 13.2 Å². The van der Waals surface area contributed by atoms with E-state index in [1.165, 1.54) is 10.6 Å². The standard InChI is InChI=1S/C24H34N2O4S/c1-6-19-10-13-21(14-11-19)26(31(5,28)29)16-8-9-24(27)25-22(7-2)20-12-15-23(30-4)18(3)17-20/h10-15,17,22H,6-9,16H2,1-5H3,(H,25,27)/t22-/m1/s1. The number of ether oxygens (including phenoxy) is 1. The number of carbonyl (C=O) groups is 1. The molecule has 7 heteroatoms. The van der Waals surface area contributed by atoms with Gasteiger partial charge in [-0.25, -0.2) is 8.42 Å². The maximum atomic E-state index is 12.5. The van der Waals surface area contributed by atoms with Crippen molar-refractivity contribution in [3.05, 3.63) is 59.2 Å². The van der Waals surface area contributed by atoms with E-state index in [4.69, 9.17) is 4.74 Å². The van der Waals surface area contributed by atoms with E-state index < -0.39 is 10.0 Å². The molecular weight excluding hydrogens is 412 g/mol. The lowest BCUT2D eigenvalue weighted by Crippen LogP contribution is -2.33. The van der Waals surface area contributed by atoms with Gasteiger partial charge in [0.1, 0.15) is 5.75 Å². The third kappa shape index (κ3) is 6.99. The number of carbonyl (C=O) groups excluding carboxylic acids is 1. The Hall–Kier alpha value is -2.54. The first-order valence-electron chi connectivity index (χ1n) is 10.7. The van der Waals surface area contributed by atoms with Gasteiger partial charge in [0, 0.05) is 13.0 Å². The second-order valence-electron chi connectivity index (χ2n) is 7.72. The van der Waals surface area contributed by atoms with Crippen molar-refractivity contribution in [1.29, 1.82) is 0 Å². The number of hydrogen-bond acceptors (Lipinski definition) is 4. The third-order valence-electron chi connectivity index (χ3n) is 5.36. The van der Waals surface area contributed by atoms with Crippen LogP contribution in [0, 0.1) is 6.92 Å². The molecular formula is C24H34N2O4S. The van der Waals surface area contributed by atoms with Crippen LogP contribution in [-0.2, 0) is 21.2 Å². The van der Waals surface area contributed by atoms with E-state index >= 15 is 0 Å². The highest BCUT2D eigenvalue weighted by Gasteiger charge is 2.19. The summed E-state index contributed by atoms with van der Waals surface area (Å²) in [5, 5.41) is 3.07. The van der Waals surface area contributed by atoms with Gasteiger partial charge >= 0.3 is 0 Å². The maximum absolute atomic E-state index is 12.5. The second-order valence-corrected chi connectivity index (χ2v) is 9.62. The van der Waals surface area contributed by atoms with Gasteiger partial charge in [-0.2, -0.15) is 0 Å². The molecule has 0 saturated carbocycles. The van der Waals surface area contributed by atoms with Crippen molar-refractivity contribution in [1.82, 2.24) is 5.32 Å². The zero-order valence-corrected chi connectivity index (χ0v) is 20.0. The Morgan fingerprint density at radius 2 is 1.81 bits per heavy atom. The molecule has 0 saturated heterocycles. The van der Waals surface area contributed by atoms with Crippen molar-refractivity contribution in [3.63, 3.8) is 0 Å². The molecule has 0 aliphatic heterocycles. The van der Waals surface area contributed by atoms with Crippen molar-refractivity contribution in [2.45, 2.75) is 52.5 Å². The van der Waals surface area contributed by atoms with Gasteiger partial charge in [0.05, 0.1) is 25.1 Å². The Bertz CT molecular complexity index is 972. The number of anilines is 1. The number of amides is 1. The maximum Gasteiger partial charge on any atom is 0.232 e. The van der Waals surface area contributed by atoms with Crippen molar-refractivity contribution >= 4 is 21.6 Å². The fourth-order valence-electron chi connectivity index (χ4n) is 3.57. The predicted octanol–water partition coefficient (Wildman–Crippen LogP) is 4.38. The Labute approximate surface area is 186 Å². The van der Waals surface area contributed by atoms with Crippen LogP contribution in [-0.4, -0.2) is 34.2 Å². The van der Waals surface area contributed by atoms with Crippen LogP contribution in [0.25, 0.3) is 0 Å². The fourth-order valence-corrected chi connectivity index (χ4v) is 4.54. The molecule has 0 aliphatic rings. The summed E-state index contributed by atoms with van der Waals surface area (Å²) in [6.45, 7) is 6.31. The molecule has 0 heterocycles. The molecule has 0 aliphatic carbocycles. The first-order chi connectivity index (χ1) is 14.7. The summed E-state index contributed by atoms with van der Waals surface area (Å²) in [5.41, 5.74) is 3.82. The number of nitrogens with zero attached hydrogens (tertiary/aromatic N) is 1. The van der Waals surface area contributed by atoms with Gasteiger partial charge in [0.25, 0.3) is 0 Å². The van der Waals surface area contributed by atoms with Crippen molar-refractivity contribution in [2.75, 3.05) is 24.2 Å². The summed E-state index contributed by atoms with van der Waals surface area (Å²) < 4.78 is 31.2. The van der Waals surface area contributed by atoms with Gasteiger partial charge < -0.3 is 10.1 Å². The molecule has 0 aromatic heterocycles.